The molecule has 0 unspecified atom stereocenters. The van der Waals surface area contributed by atoms with Gasteiger partial charge in [0.2, 0.25) is 0 Å². The molecule has 1 aromatic rings. The fourth-order valence-corrected chi connectivity index (χ4v) is 1.34. The molecule has 1 aromatic carbocycles. The number of nitrogens with one attached hydrogen (secondary N) is 1. The van der Waals surface area contributed by atoms with Crippen LogP contribution in [0.3, 0.4) is 0 Å². The van der Waals surface area contributed by atoms with Crippen molar-refractivity contribution in [1.29, 1.82) is 0 Å². The number of nitro benzene ring substituents is 1. The summed E-state index contributed by atoms with van der Waals surface area (Å²) in [6.45, 7) is 3.45. The highest BCUT2D eigenvalue weighted by atomic mass is 16.6. The molecule has 0 heterocycles. The van der Waals surface area contributed by atoms with Gasteiger partial charge in [-0.1, -0.05) is 5.92 Å². The summed E-state index contributed by atoms with van der Waals surface area (Å²) >= 11 is 0. The summed E-state index contributed by atoms with van der Waals surface area (Å²) in [4.78, 5) is 20.9. The van der Waals surface area contributed by atoms with Gasteiger partial charge in [0.05, 0.1) is 10.5 Å². The summed E-state index contributed by atoms with van der Waals surface area (Å²) < 4.78 is 0. The first-order chi connectivity index (χ1) is 8.26. The molecule has 0 aliphatic heterocycles. The number of carboxylic acids is 1. The van der Waals surface area contributed by atoms with Crippen molar-refractivity contribution in [3.8, 4) is 12.3 Å². The van der Waals surface area contributed by atoms with Crippen molar-refractivity contribution in [3.05, 3.63) is 33.9 Å². The lowest BCUT2D eigenvalue weighted by Crippen LogP contribution is -2.28. The Kier molecular flexibility index (Phi) is 3.57. The number of carboxylic acid groups (broad SMARTS) is 1. The second kappa shape index (κ2) is 4.75. The summed E-state index contributed by atoms with van der Waals surface area (Å²) in [5, 5.41) is 22.5. The monoisotopic (exact) mass is 248 g/mol. The summed E-state index contributed by atoms with van der Waals surface area (Å²) in [5.41, 5.74) is -1.11. The third-order valence-electron chi connectivity index (χ3n) is 2.24. The number of benzene rings is 1. The highest BCUT2D eigenvalue weighted by Crippen LogP contribution is 2.25. The number of nitro groups is 1. The molecule has 2 N–H and O–H groups in total. The van der Waals surface area contributed by atoms with Gasteiger partial charge in [0.25, 0.3) is 5.69 Å². The van der Waals surface area contributed by atoms with Gasteiger partial charge >= 0.3 is 5.97 Å². The number of hydrogen-bond acceptors (Lipinski definition) is 4. The van der Waals surface area contributed by atoms with Crippen LogP contribution in [0.25, 0.3) is 0 Å². The van der Waals surface area contributed by atoms with E-state index in [4.69, 9.17) is 11.5 Å². The Balaban J connectivity index is 3.21. The van der Waals surface area contributed by atoms with Gasteiger partial charge in [-0.2, -0.15) is 0 Å². The Labute approximate surface area is 104 Å². The zero-order valence-corrected chi connectivity index (χ0v) is 9.93. The number of aromatic carboxylic acids is 1. The van der Waals surface area contributed by atoms with E-state index in [9.17, 15) is 14.9 Å². The Bertz CT molecular complexity index is 543. The molecule has 6 heteroatoms. The van der Waals surface area contributed by atoms with Crippen LogP contribution in [-0.4, -0.2) is 21.5 Å². The molecule has 0 aliphatic rings. The average Bonchev–Trinajstić information content (AvgIpc) is 2.28. The molecule has 0 atom stereocenters. The van der Waals surface area contributed by atoms with E-state index in [2.05, 4.69) is 11.2 Å². The van der Waals surface area contributed by atoms with Crippen LogP contribution < -0.4 is 5.32 Å². The number of terminal acetylenes is 1. The molecule has 0 spiro atoms. The van der Waals surface area contributed by atoms with Gasteiger partial charge in [0.15, 0.2) is 0 Å². The summed E-state index contributed by atoms with van der Waals surface area (Å²) in [7, 11) is 0. The van der Waals surface area contributed by atoms with E-state index in [1.165, 1.54) is 12.1 Å². The zero-order chi connectivity index (χ0) is 13.9. The van der Waals surface area contributed by atoms with Crippen LogP contribution in [0.15, 0.2) is 18.2 Å². The topological polar surface area (TPSA) is 92.5 Å². The van der Waals surface area contributed by atoms with E-state index < -0.39 is 22.1 Å². The lowest BCUT2D eigenvalue weighted by Gasteiger charge is -2.21. The molecule has 0 bridgehead atoms. The number of carbonyl (C=O) groups is 1. The van der Waals surface area contributed by atoms with Crippen LogP contribution in [0.1, 0.15) is 24.2 Å². The van der Waals surface area contributed by atoms with Gasteiger partial charge in [-0.05, 0) is 26.0 Å². The minimum atomic E-state index is -1.34. The van der Waals surface area contributed by atoms with Crippen molar-refractivity contribution in [3.63, 3.8) is 0 Å². The highest BCUT2D eigenvalue weighted by molar-refractivity contribution is 5.93. The maximum atomic E-state index is 10.8. The number of nitrogens with zero attached hydrogens (tertiary/aromatic N) is 1. The molecule has 0 fully saturated rings. The molecule has 0 radical (unpaired) electrons. The second-order valence-electron chi connectivity index (χ2n) is 4.19. The zero-order valence-electron chi connectivity index (χ0n) is 9.93. The normalized spacial score (nSPS) is 10.5. The molecule has 0 amide bonds. The molecule has 0 aromatic heterocycles. The predicted molar refractivity (Wildman–Crippen MR) is 66.6 cm³/mol. The fourth-order valence-electron chi connectivity index (χ4n) is 1.34. The molecule has 1 rings (SSSR count). The highest BCUT2D eigenvalue weighted by Gasteiger charge is 2.21. The van der Waals surface area contributed by atoms with E-state index >= 15 is 0 Å². The standard InChI is InChI=1S/C12H12N2O4/c1-4-12(2,3)13-8-5-6-9(11(15)16)10(7-8)14(17)18/h1,5-7,13H,2-3H3,(H,15,16). The second-order valence-corrected chi connectivity index (χ2v) is 4.19. The quantitative estimate of drug-likeness (QED) is 0.483. The maximum absolute atomic E-state index is 10.8. The molecule has 94 valence electrons. The molecule has 0 saturated carbocycles. The first-order valence-electron chi connectivity index (χ1n) is 5.04. The van der Waals surface area contributed by atoms with Crippen LogP contribution in [0.5, 0.6) is 0 Å². The third-order valence-corrected chi connectivity index (χ3v) is 2.24. The Morgan fingerprint density at radius 2 is 2.17 bits per heavy atom. The molecule has 18 heavy (non-hydrogen) atoms. The average molecular weight is 248 g/mol. The van der Waals surface area contributed by atoms with Crippen LogP contribution in [-0.2, 0) is 0 Å². The van der Waals surface area contributed by atoms with Crippen molar-refractivity contribution < 1.29 is 14.8 Å². The van der Waals surface area contributed by atoms with E-state index in [-0.39, 0.29) is 5.56 Å². The molecule has 0 saturated heterocycles. The fraction of sp³-hybridized carbons (Fsp3) is 0.250. The van der Waals surface area contributed by atoms with Gasteiger partial charge in [-0.3, -0.25) is 10.1 Å². The molecular weight excluding hydrogens is 236 g/mol. The number of rotatable bonds is 4. The van der Waals surface area contributed by atoms with Gasteiger partial charge in [0, 0.05) is 11.8 Å². The van der Waals surface area contributed by atoms with Crippen molar-refractivity contribution in [2.24, 2.45) is 0 Å². The smallest absolute Gasteiger partial charge is 0.342 e. The van der Waals surface area contributed by atoms with Crippen LogP contribution in [0.2, 0.25) is 0 Å². The van der Waals surface area contributed by atoms with E-state index in [1.807, 2.05) is 0 Å². The molecular formula is C12H12N2O4. The largest absolute Gasteiger partial charge is 0.477 e. The maximum Gasteiger partial charge on any atom is 0.342 e. The predicted octanol–water partition coefficient (Wildman–Crippen LogP) is 2.12. The Hall–Kier alpha value is -2.55. The Morgan fingerprint density at radius 3 is 2.61 bits per heavy atom. The minimum absolute atomic E-state index is 0.357. The molecule has 6 nitrogen and oxygen atoms in total. The van der Waals surface area contributed by atoms with Crippen molar-refractivity contribution >= 4 is 17.3 Å². The Morgan fingerprint density at radius 1 is 1.56 bits per heavy atom. The van der Waals surface area contributed by atoms with Crippen LogP contribution in [0.4, 0.5) is 11.4 Å². The SMILES string of the molecule is C#CC(C)(C)Nc1ccc(C(=O)O)c([N+](=O)[O-])c1. The van der Waals surface area contributed by atoms with Crippen molar-refractivity contribution in [1.82, 2.24) is 0 Å². The number of hydrogen-bond donors (Lipinski definition) is 2. The van der Waals surface area contributed by atoms with E-state index in [1.54, 1.807) is 13.8 Å². The summed E-state index contributed by atoms with van der Waals surface area (Å²) in [6.07, 6.45) is 5.29. The third kappa shape index (κ3) is 2.98. The lowest BCUT2D eigenvalue weighted by molar-refractivity contribution is -0.385. The van der Waals surface area contributed by atoms with Gasteiger partial charge < -0.3 is 10.4 Å². The first-order valence-corrected chi connectivity index (χ1v) is 5.04. The van der Waals surface area contributed by atoms with Crippen LogP contribution >= 0.6 is 0 Å². The minimum Gasteiger partial charge on any atom is -0.477 e. The van der Waals surface area contributed by atoms with Gasteiger partial charge in [-0.25, -0.2) is 4.79 Å². The number of anilines is 1. The van der Waals surface area contributed by atoms with Gasteiger partial charge in [0.1, 0.15) is 5.56 Å². The van der Waals surface area contributed by atoms with E-state index in [0.717, 1.165) is 6.07 Å². The van der Waals surface area contributed by atoms with Crippen molar-refractivity contribution in [2.75, 3.05) is 5.32 Å². The summed E-state index contributed by atoms with van der Waals surface area (Å²) in [6, 6.07) is 3.77. The van der Waals surface area contributed by atoms with Gasteiger partial charge in [-0.15, -0.1) is 6.42 Å². The lowest BCUT2D eigenvalue weighted by atomic mass is 10.1. The van der Waals surface area contributed by atoms with Crippen LogP contribution in [0, 0.1) is 22.5 Å². The summed E-state index contributed by atoms with van der Waals surface area (Å²) in [5.74, 6) is 1.14. The molecule has 0 aliphatic carbocycles. The first kappa shape index (κ1) is 13.5. The van der Waals surface area contributed by atoms with E-state index in [0.29, 0.717) is 5.69 Å². The van der Waals surface area contributed by atoms with Crippen molar-refractivity contribution in [2.45, 2.75) is 19.4 Å².